The molecule has 8 heteroatoms. The van der Waals surface area contributed by atoms with E-state index in [0.717, 1.165) is 57.1 Å². The van der Waals surface area contributed by atoms with Gasteiger partial charge >= 0.3 is 0 Å². The van der Waals surface area contributed by atoms with Crippen LogP contribution in [0, 0.1) is 17.4 Å². The smallest absolute Gasteiger partial charge is 0.262 e. The fraction of sp³-hybridized carbons (Fsp3) is 0.391. The number of anilines is 1. The first-order valence-corrected chi connectivity index (χ1v) is 11.6. The number of amides is 1. The fourth-order valence-corrected chi connectivity index (χ4v) is 4.61. The Morgan fingerprint density at radius 1 is 1.10 bits per heavy atom. The number of nitrogens with one attached hydrogen (secondary N) is 1. The number of ether oxygens (including phenoxy) is 2. The minimum absolute atomic E-state index is 0.110. The van der Waals surface area contributed by atoms with Crippen molar-refractivity contribution in [3.8, 4) is 11.5 Å². The largest absolute Gasteiger partial charge is 0.493 e. The molecule has 1 saturated heterocycles. The van der Waals surface area contributed by atoms with E-state index in [1.54, 1.807) is 7.11 Å². The van der Waals surface area contributed by atoms with Crippen molar-refractivity contribution in [3.05, 3.63) is 50.6 Å². The second-order valence-electron chi connectivity index (χ2n) is 7.80. The number of hydrogen-bond donors (Lipinski definition) is 1. The van der Waals surface area contributed by atoms with Crippen LogP contribution in [0.1, 0.15) is 16.7 Å². The molecule has 0 unspecified atom stereocenters. The number of benzene rings is 2. The van der Waals surface area contributed by atoms with Crippen molar-refractivity contribution < 1.29 is 14.3 Å². The van der Waals surface area contributed by atoms with Gasteiger partial charge in [0.05, 0.1) is 10.7 Å². The molecule has 0 aromatic heterocycles. The van der Waals surface area contributed by atoms with Gasteiger partial charge in [-0.1, -0.05) is 18.3 Å². The highest BCUT2D eigenvalue weighted by atomic mass is 127. The van der Waals surface area contributed by atoms with Crippen LogP contribution in [-0.4, -0.2) is 67.6 Å². The van der Waals surface area contributed by atoms with Crippen LogP contribution in [0.15, 0.2) is 30.3 Å². The predicted molar refractivity (Wildman–Crippen MR) is 137 cm³/mol. The van der Waals surface area contributed by atoms with Crippen molar-refractivity contribution in [3.63, 3.8) is 0 Å². The minimum atomic E-state index is -0.222. The summed E-state index contributed by atoms with van der Waals surface area (Å²) in [6.45, 7) is 7.69. The maximum absolute atomic E-state index is 12.4. The van der Waals surface area contributed by atoms with Gasteiger partial charge < -0.3 is 24.6 Å². The minimum Gasteiger partial charge on any atom is -0.493 e. The molecule has 0 atom stereocenters. The van der Waals surface area contributed by atoms with Crippen molar-refractivity contribution >= 4 is 51.4 Å². The van der Waals surface area contributed by atoms with E-state index in [0.29, 0.717) is 11.5 Å². The highest BCUT2D eigenvalue weighted by Crippen LogP contribution is 2.34. The average Bonchev–Trinajstić information content (AvgIpc) is 2.71. The second-order valence-corrected chi connectivity index (χ2v) is 9.35. The Bertz CT molecular complexity index is 955. The van der Waals surface area contributed by atoms with Gasteiger partial charge in [-0.2, -0.15) is 0 Å². The van der Waals surface area contributed by atoms with Gasteiger partial charge in [0.25, 0.3) is 5.91 Å². The van der Waals surface area contributed by atoms with Crippen molar-refractivity contribution in [2.75, 3.05) is 52.3 Å². The monoisotopic (exact) mass is 553 g/mol. The zero-order chi connectivity index (χ0) is 22.5. The topological polar surface area (TPSA) is 54.0 Å². The number of methoxy groups -OCH3 is 1. The molecular weight excluding hydrogens is 525 g/mol. The van der Waals surface area contributed by atoms with Crippen molar-refractivity contribution in [2.24, 2.45) is 0 Å². The number of nitrogens with zero attached hydrogens (tertiary/aromatic N) is 2. The Balaban J connectivity index is 1.68. The van der Waals surface area contributed by atoms with E-state index in [1.807, 2.05) is 38.1 Å². The Morgan fingerprint density at radius 3 is 2.35 bits per heavy atom. The summed E-state index contributed by atoms with van der Waals surface area (Å²) >= 11 is 7.93. The fourth-order valence-electron chi connectivity index (χ4n) is 3.56. The molecule has 1 amide bonds. The number of piperazine rings is 1. The molecule has 166 valence electrons. The Kier molecular flexibility index (Phi) is 8.12. The van der Waals surface area contributed by atoms with Gasteiger partial charge in [0, 0.05) is 37.4 Å². The van der Waals surface area contributed by atoms with Crippen molar-refractivity contribution in [2.45, 2.75) is 13.8 Å². The lowest BCUT2D eigenvalue weighted by molar-refractivity contribution is -0.118. The van der Waals surface area contributed by atoms with Crippen LogP contribution in [0.25, 0.3) is 0 Å². The number of likely N-dealkylation sites (N-methyl/N-ethyl adjacent to an activating group) is 1. The normalized spacial score (nSPS) is 14.3. The lowest BCUT2D eigenvalue weighted by Gasteiger charge is -2.34. The molecule has 3 rings (SSSR count). The summed E-state index contributed by atoms with van der Waals surface area (Å²) in [7, 11) is 3.71. The average molecular weight is 553 g/mol. The van der Waals surface area contributed by atoms with Gasteiger partial charge in [0.1, 0.15) is 4.99 Å². The zero-order valence-corrected chi connectivity index (χ0v) is 21.3. The maximum Gasteiger partial charge on any atom is 0.262 e. The summed E-state index contributed by atoms with van der Waals surface area (Å²) in [5.74, 6) is 0.890. The van der Waals surface area contributed by atoms with Gasteiger partial charge in [0.2, 0.25) is 0 Å². The van der Waals surface area contributed by atoms with Crippen LogP contribution in [-0.2, 0) is 4.79 Å². The van der Waals surface area contributed by atoms with E-state index in [-0.39, 0.29) is 12.5 Å². The molecule has 0 radical (unpaired) electrons. The predicted octanol–water partition coefficient (Wildman–Crippen LogP) is 3.86. The third-order valence-corrected chi connectivity index (χ3v) is 6.42. The molecule has 0 bridgehead atoms. The molecule has 2 aromatic rings. The summed E-state index contributed by atoms with van der Waals surface area (Å²) in [6, 6.07) is 9.81. The number of carbonyl (C=O) groups excluding carboxylic acids is 1. The standard InChI is InChI=1S/C23H28IN3O3S/c1-15-9-16(2)11-18(10-15)25-21(28)14-30-22-19(24)12-17(13-20(22)29-4)23(31)27-7-5-26(3)6-8-27/h9-13H,5-8,14H2,1-4H3,(H,25,28). The van der Waals surface area contributed by atoms with Crippen molar-refractivity contribution in [1.82, 2.24) is 9.80 Å². The molecule has 1 aliphatic heterocycles. The zero-order valence-electron chi connectivity index (χ0n) is 18.3. The molecule has 1 fully saturated rings. The van der Waals surface area contributed by atoms with Crippen LogP contribution in [0.5, 0.6) is 11.5 Å². The molecule has 1 aliphatic rings. The van der Waals surface area contributed by atoms with Gasteiger partial charge in [-0.25, -0.2) is 0 Å². The van der Waals surface area contributed by atoms with E-state index in [4.69, 9.17) is 21.7 Å². The third-order valence-electron chi connectivity index (χ3n) is 5.12. The number of hydrogen-bond acceptors (Lipinski definition) is 5. The molecule has 1 N–H and O–H groups in total. The first-order valence-electron chi connectivity index (χ1n) is 10.1. The number of carbonyl (C=O) groups is 1. The lowest BCUT2D eigenvalue weighted by atomic mass is 10.1. The summed E-state index contributed by atoms with van der Waals surface area (Å²) < 4.78 is 12.2. The number of thiocarbonyl (C=S) groups is 1. The lowest BCUT2D eigenvalue weighted by Crippen LogP contribution is -2.46. The maximum atomic E-state index is 12.4. The molecule has 6 nitrogen and oxygen atoms in total. The molecule has 1 heterocycles. The first kappa shape index (κ1) is 23.7. The van der Waals surface area contributed by atoms with Gasteiger partial charge in [0.15, 0.2) is 18.1 Å². The van der Waals surface area contributed by atoms with Crippen LogP contribution in [0.3, 0.4) is 0 Å². The first-order chi connectivity index (χ1) is 14.8. The van der Waals surface area contributed by atoms with E-state index < -0.39 is 0 Å². The molecule has 0 aliphatic carbocycles. The van der Waals surface area contributed by atoms with E-state index in [1.165, 1.54) is 0 Å². The highest BCUT2D eigenvalue weighted by molar-refractivity contribution is 14.1. The molecule has 31 heavy (non-hydrogen) atoms. The van der Waals surface area contributed by atoms with Crippen LogP contribution in [0.2, 0.25) is 0 Å². The van der Waals surface area contributed by atoms with Crippen LogP contribution < -0.4 is 14.8 Å². The third kappa shape index (κ3) is 6.30. The van der Waals surface area contributed by atoms with Gasteiger partial charge in [-0.05, 0) is 78.9 Å². The highest BCUT2D eigenvalue weighted by Gasteiger charge is 2.21. The van der Waals surface area contributed by atoms with Crippen LogP contribution in [0.4, 0.5) is 5.69 Å². The molecular formula is C23H28IN3O3S. The summed E-state index contributed by atoms with van der Waals surface area (Å²) in [4.78, 5) is 17.7. The Labute approximate surface area is 203 Å². The molecule has 0 saturated carbocycles. The Morgan fingerprint density at radius 2 is 1.74 bits per heavy atom. The number of aryl methyl sites for hydroxylation is 2. The Hall–Kier alpha value is -1.91. The summed E-state index contributed by atoms with van der Waals surface area (Å²) in [5, 5.41) is 2.89. The van der Waals surface area contributed by atoms with Gasteiger partial charge in [-0.15, -0.1) is 0 Å². The summed E-state index contributed by atoms with van der Waals surface area (Å²) in [6.07, 6.45) is 0. The summed E-state index contributed by atoms with van der Waals surface area (Å²) in [5.41, 5.74) is 3.88. The van der Waals surface area contributed by atoms with E-state index >= 15 is 0 Å². The van der Waals surface area contributed by atoms with E-state index in [9.17, 15) is 4.79 Å². The second kappa shape index (κ2) is 10.6. The molecule has 0 spiro atoms. The quantitative estimate of drug-likeness (QED) is 0.434. The van der Waals surface area contributed by atoms with Gasteiger partial charge in [-0.3, -0.25) is 4.79 Å². The van der Waals surface area contributed by atoms with E-state index in [2.05, 4.69) is 50.8 Å². The molecule has 2 aromatic carbocycles. The SMILES string of the molecule is COc1cc(C(=S)N2CCN(C)CC2)cc(I)c1OCC(=O)Nc1cc(C)cc(C)c1. The number of halogens is 1. The van der Waals surface area contributed by atoms with Crippen molar-refractivity contribution in [1.29, 1.82) is 0 Å². The number of rotatable bonds is 6. The van der Waals surface area contributed by atoms with Crippen LogP contribution >= 0.6 is 34.8 Å².